The Kier molecular flexibility index (Phi) is 3.88. The molecule has 1 aromatic rings. The van der Waals surface area contributed by atoms with E-state index in [0.29, 0.717) is 5.92 Å². The molecule has 0 bridgehead atoms. The Morgan fingerprint density at radius 2 is 2.33 bits per heavy atom. The molecule has 0 amide bonds. The second kappa shape index (κ2) is 4.84. The lowest BCUT2D eigenvalue weighted by molar-refractivity contribution is -0.0160. The van der Waals surface area contributed by atoms with Crippen molar-refractivity contribution >= 4 is 43.2 Å². The molecule has 1 aromatic heterocycles. The number of aliphatic hydroxyl groups excluding tert-OH is 1. The van der Waals surface area contributed by atoms with Gasteiger partial charge in [-0.15, -0.1) is 11.3 Å². The number of aliphatic hydroxyl groups is 1. The van der Waals surface area contributed by atoms with Crippen molar-refractivity contribution < 1.29 is 9.84 Å². The largest absolute Gasteiger partial charge is 0.385 e. The van der Waals surface area contributed by atoms with Gasteiger partial charge in [-0.3, -0.25) is 0 Å². The molecule has 2 heterocycles. The Morgan fingerprint density at radius 1 is 1.60 bits per heavy atom. The molecule has 1 fully saturated rings. The van der Waals surface area contributed by atoms with Crippen LogP contribution in [-0.4, -0.2) is 17.8 Å². The molecule has 3 atom stereocenters. The summed E-state index contributed by atoms with van der Waals surface area (Å²) < 4.78 is 7.57. The van der Waals surface area contributed by atoms with Crippen LogP contribution < -0.4 is 0 Å². The maximum atomic E-state index is 10.2. The Balaban J connectivity index is 2.16. The number of hydrogen-bond acceptors (Lipinski definition) is 3. The Hall–Kier alpha value is 0.580. The molecule has 0 saturated carbocycles. The van der Waals surface area contributed by atoms with Crippen molar-refractivity contribution in [1.29, 1.82) is 0 Å². The molecule has 84 valence electrons. The van der Waals surface area contributed by atoms with Crippen molar-refractivity contribution in [3.8, 4) is 0 Å². The van der Waals surface area contributed by atoms with Crippen molar-refractivity contribution in [2.45, 2.75) is 25.6 Å². The van der Waals surface area contributed by atoms with Crippen LogP contribution in [-0.2, 0) is 4.74 Å². The fraction of sp³-hybridized carbons (Fsp3) is 0.600. The molecule has 1 aliphatic heterocycles. The normalized spacial score (nSPS) is 28.3. The van der Waals surface area contributed by atoms with Gasteiger partial charge in [0.1, 0.15) is 6.10 Å². The highest BCUT2D eigenvalue weighted by atomic mass is 79.9. The second-order valence-electron chi connectivity index (χ2n) is 3.82. The molecule has 3 unspecified atom stereocenters. The summed E-state index contributed by atoms with van der Waals surface area (Å²) in [6.07, 6.45) is 0.479. The number of halogens is 2. The van der Waals surface area contributed by atoms with Gasteiger partial charge in [0.25, 0.3) is 0 Å². The summed E-state index contributed by atoms with van der Waals surface area (Å²) >= 11 is 8.40. The van der Waals surface area contributed by atoms with E-state index < -0.39 is 6.10 Å². The zero-order valence-corrected chi connectivity index (χ0v) is 12.2. The molecule has 2 nitrogen and oxygen atoms in total. The van der Waals surface area contributed by atoms with E-state index in [9.17, 15) is 5.11 Å². The average Bonchev–Trinajstić information content (AvgIpc) is 2.74. The van der Waals surface area contributed by atoms with Crippen LogP contribution in [0.3, 0.4) is 0 Å². The van der Waals surface area contributed by atoms with Gasteiger partial charge in [0.2, 0.25) is 0 Å². The maximum absolute atomic E-state index is 10.2. The maximum Gasteiger partial charge on any atom is 0.115 e. The molecule has 0 aromatic carbocycles. The molecule has 2 rings (SSSR count). The lowest BCUT2D eigenvalue weighted by atomic mass is 9.99. The zero-order chi connectivity index (χ0) is 11.0. The first kappa shape index (κ1) is 12.0. The first-order valence-electron chi connectivity index (χ1n) is 4.84. The van der Waals surface area contributed by atoms with Crippen LogP contribution >= 0.6 is 43.2 Å². The average molecular weight is 356 g/mol. The van der Waals surface area contributed by atoms with E-state index in [0.717, 1.165) is 26.2 Å². The topological polar surface area (TPSA) is 29.5 Å². The molecule has 1 N–H and O–H groups in total. The summed E-state index contributed by atoms with van der Waals surface area (Å²) in [4.78, 5) is 0.951. The third kappa shape index (κ3) is 2.47. The standard InChI is InChI=1S/C10H12Br2O2S/c1-5-2-3-14-9(5)8(13)7-4-6(11)10(12)15-7/h4-5,8-9,13H,2-3H2,1H3. The molecular weight excluding hydrogens is 344 g/mol. The van der Waals surface area contributed by atoms with Crippen LogP contribution in [0.15, 0.2) is 14.3 Å². The minimum atomic E-state index is -0.505. The monoisotopic (exact) mass is 354 g/mol. The van der Waals surface area contributed by atoms with Gasteiger partial charge in [-0.1, -0.05) is 6.92 Å². The van der Waals surface area contributed by atoms with E-state index in [2.05, 4.69) is 38.8 Å². The van der Waals surface area contributed by atoms with Crippen LogP contribution in [0.1, 0.15) is 24.3 Å². The van der Waals surface area contributed by atoms with E-state index >= 15 is 0 Å². The van der Waals surface area contributed by atoms with Crippen LogP contribution in [0, 0.1) is 5.92 Å². The number of rotatable bonds is 2. The van der Waals surface area contributed by atoms with Crippen molar-refractivity contribution in [2.75, 3.05) is 6.61 Å². The fourth-order valence-corrected chi connectivity index (χ4v) is 3.90. The lowest BCUT2D eigenvalue weighted by Crippen LogP contribution is -2.22. The van der Waals surface area contributed by atoms with E-state index in [-0.39, 0.29) is 6.10 Å². The van der Waals surface area contributed by atoms with E-state index in [1.54, 1.807) is 11.3 Å². The van der Waals surface area contributed by atoms with Crippen LogP contribution in [0.25, 0.3) is 0 Å². The van der Waals surface area contributed by atoms with Gasteiger partial charge < -0.3 is 9.84 Å². The van der Waals surface area contributed by atoms with E-state index in [1.807, 2.05) is 6.07 Å². The summed E-state index contributed by atoms with van der Waals surface area (Å²) in [5.41, 5.74) is 0. The smallest absolute Gasteiger partial charge is 0.115 e. The quantitative estimate of drug-likeness (QED) is 0.875. The highest BCUT2D eigenvalue weighted by molar-refractivity contribution is 9.13. The van der Waals surface area contributed by atoms with Crippen LogP contribution in [0.4, 0.5) is 0 Å². The molecule has 1 saturated heterocycles. The predicted molar refractivity (Wildman–Crippen MR) is 68.2 cm³/mol. The molecule has 0 aliphatic carbocycles. The minimum absolute atomic E-state index is 0.0533. The number of ether oxygens (including phenoxy) is 1. The predicted octanol–water partition coefficient (Wildman–Crippen LogP) is 3.73. The van der Waals surface area contributed by atoms with Crippen LogP contribution in [0.5, 0.6) is 0 Å². The minimum Gasteiger partial charge on any atom is -0.385 e. The van der Waals surface area contributed by atoms with Crippen molar-refractivity contribution in [2.24, 2.45) is 5.92 Å². The third-order valence-corrected chi connectivity index (χ3v) is 6.04. The van der Waals surface area contributed by atoms with E-state index in [1.165, 1.54) is 0 Å². The lowest BCUT2D eigenvalue weighted by Gasteiger charge is -2.19. The molecule has 5 heteroatoms. The van der Waals surface area contributed by atoms with Crippen molar-refractivity contribution in [3.05, 3.63) is 19.2 Å². The van der Waals surface area contributed by atoms with Gasteiger partial charge in [-0.05, 0) is 50.3 Å². The third-order valence-electron chi connectivity index (χ3n) is 2.71. The van der Waals surface area contributed by atoms with Gasteiger partial charge in [-0.25, -0.2) is 0 Å². The summed E-state index contributed by atoms with van der Waals surface area (Å²) in [5, 5.41) is 10.2. The first-order valence-corrected chi connectivity index (χ1v) is 7.24. The Bertz CT molecular complexity index is 334. The van der Waals surface area contributed by atoms with Gasteiger partial charge in [0.05, 0.1) is 9.89 Å². The summed E-state index contributed by atoms with van der Waals surface area (Å²) in [6, 6.07) is 1.95. The van der Waals surface area contributed by atoms with Gasteiger partial charge in [0.15, 0.2) is 0 Å². The summed E-state index contributed by atoms with van der Waals surface area (Å²) in [6.45, 7) is 2.88. The van der Waals surface area contributed by atoms with E-state index in [4.69, 9.17) is 4.74 Å². The summed E-state index contributed by atoms with van der Waals surface area (Å²) in [7, 11) is 0. The van der Waals surface area contributed by atoms with Gasteiger partial charge in [0, 0.05) is 16.0 Å². The number of hydrogen-bond donors (Lipinski definition) is 1. The molecule has 0 radical (unpaired) electrons. The highest BCUT2D eigenvalue weighted by Crippen LogP contribution is 2.39. The summed E-state index contributed by atoms with van der Waals surface area (Å²) in [5.74, 6) is 0.430. The van der Waals surface area contributed by atoms with Gasteiger partial charge >= 0.3 is 0 Å². The Morgan fingerprint density at radius 3 is 2.80 bits per heavy atom. The zero-order valence-electron chi connectivity index (χ0n) is 8.24. The van der Waals surface area contributed by atoms with Crippen molar-refractivity contribution in [3.63, 3.8) is 0 Å². The SMILES string of the molecule is CC1CCOC1C(O)c1cc(Br)c(Br)s1. The molecular formula is C10H12Br2O2S. The molecule has 15 heavy (non-hydrogen) atoms. The molecule has 0 spiro atoms. The second-order valence-corrected chi connectivity index (χ2v) is 7.07. The first-order chi connectivity index (χ1) is 7.09. The van der Waals surface area contributed by atoms with Crippen molar-refractivity contribution in [1.82, 2.24) is 0 Å². The van der Waals surface area contributed by atoms with Crippen LogP contribution in [0.2, 0.25) is 0 Å². The van der Waals surface area contributed by atoms with Gasteiger partial charge in [-0.2, -0.15) is 0 Å². The molecule has 1 aliphatic rings. The Labute approximate surface area is 110 Å². The number of thiophene rings is 1. The fourth-order valence-electron chi connectivity index (χ4n) is 1.79. The highest BCUT2D eigenvalue weighted by Gasteiger charge is 2.32.